The van der Waals surface area contributed by atoms with Crippen molar-refractivity contribution in [3.05, 3.63) is 0 Å². The van der Waals surface area contributed by atoms with E-state index < -0.39 is 12.3 Å². The molecule has 0 aromatic heterocycles. The second-order valence-electron chi connectivity index (χ2n) is 0.602. The van der Waals surface area contributed by atoms with Crippen LogP contribution in [0, 0.1) is 0 Å². The third kappa shape index (κ3) is 776. The fourth-order valence-corrected chi connectivity index (χ4v) is 0.0680. The number of hydrogen-bond donors (Lipinski definition) is 0. The number of hydrogen-bond acceptors (Lipinski definition) is 5. The predicted molar refractivity (Wildman–Crippen MR) is 73.3 cm³/mol. The average molecular weight is 456 g/mol. The number of carboxylic acid groups (broad SMARTS) is 2. The Morgan fingerprint density at radius 1 is 0.385 bits per heavy atom. The molecule has 26 heavy (non-hydrogen) atoms. The Kier molecular flexibility index (Phi) is 4990. The van der Waals surface area contributed by atoms with Crippen LogP contribution in [-0.4, -0.2) is 105 Å². The molecular weight excluding hydrogens is 422 g/mol. The molecule has 0 aromatic carbocycles. The first kappa shape index (κ1) is 446. The van der Waals surface area contributed by atoms with Gasteiger partial charge in [0.05, 0.1) is 0 Å². The first-order valence-corrected chi connectivity index (χ1v) is 1.22. The van der Waals surface area contributed by atoms with Crippen LogP contribution in [0.5, 0.6) is 0 Å². The summed E-state index contributed by atoms with van der Waals surface area (Å²) in [7, 11) is 0. The van der Waals surface area contributed by atoms with E-state index in [1.54, 1.807) is 0 Å². The summed E-state index contributed by atoms with van der Waals surface area (Å²) in [4.78, 5) is 18.1. The Morgan fingerprint density at radius 2 is 0.462 bits per heavy atom. The topological polar surface area (TPSA) is 625 Å². The summed E-state index contributed by atoms with van der Waals surface area (Å²) in [6.45, 7) is 0. The van der Waals surface area contributed by atoms with Crippen LogP contribution >= 0.6 is 0 Å². The van der Waals surface area contributed by atoms with Gasteiger partial charge in [-0.2, -0.15) is 0 Å². The molecular formula is C2H34Na2O22. The van der Waals surface area contributed by atoms with Gasteiger partial charge in [-0.1, -0.05) is 0 Å². The van der Waals surface area contributed by atoms with Crippen LogP contribution in [-0.2, 0) is 4.74 Å². The largest absolute Gasteiger partial charge is 1.00 e. The minimum Gasteiger partial charge on any atom is -0.483 e. The minimum atomic E-state index is -2.12. The Hall–Kier alpha value is 0.0600. The van der Waals surface area contributed by atoms with Gasteiger partial charge in [0.15, 0.2) is 0 Å². The Labute approximate surface area is 188 Å². The van der Waals surface area contributed by atoms with Crippen LogP contribution in [0.25, 0.3) is 0 Å². The molecule has 22 nitrogen and oxygen atoms in total. The molecule has 0 amide bonds. The fraction of sp³-hybridized carbons (Fsp3) is 0. The standard InChI is InChI=1S/C2H2O5.2Na.17H2O/c3-1(4)7-2(5)6;;;;;;;;;;;;;;;;;;;/h(H,3,4)(H,5,6);;;17*1H2/q;2*+1;;;;;;;;;;;;;;;;;/p-2. The van der Waals surface area contributed by atoms with Gasteiger partial charge in [0, 0.05) is 0 Å². The predicted octanol–water partition coefficient (Wildman–Crippen LogP) is -22.3. The summed E-state index contributed by atoms with van der Waals surface area (Å²) in [6.07, 6.45) is -4.25. The smallest absolute Gasteiger partial charge is 0.483 e. The Bertz CT molecular complexity index is 96.3. The SMILES string of the molecule is O.O.O.O.O.O.O.O.O.O.O.O.O.O.O.O.O.O=C([O-])OC(=O)[O-].[Na+].[Na+]. The van der Waals surface area contributed by atoms with Crippen molar-refractivity contribution in [2.24, 2.45) is 0 Å². The van der Waals surface area contributed by atoms with E-state index in [4.69, 9.17) is 19.8 Å². The molecule has 0 unspecified atom stereocenters. The first-order valence-electron chi connectivity index (χ1n) is 1.22. The van der Waals surface area contributed by atoms with E-state index in [2.05, 4.69) is 4.74 Å². The molecule has 0 heterocycles. The van der Waals surface area contributed by atoms with Gasteiger partial charge >= 0.3 is 59.1 Å². The maximum Gasteiger partial charge on any atom is 1.00 e. The Balaban J connectivity index is -0.00000000105. The van der Waals surface area contributed by atoms with E-state index in [0.29, 0.717) is 0 Å². The van der Waals surface area contributed by atoms with Gasteiger partial charge in [-0.15, -0.1) is 0 Å². The van der Waals surface area contributed by atoms with E-state index in [9.17, 15) is 0 Å². The minimum absolute atomic E-state index is 0. The second-order valence-corrected chi connectivity index (χ2v) is 0.602. The summed E-state index contributed by atoms with van der Waals surface area (Å²) in [6, 6.07) is 0. The van der Waals surface area contributed by atoms with Crippen molar-refractivity contribution in [3.8, 4) is 0 Å². The zero-order valence-corrected chi connectivity index (χ0v) is 17.5. The van der Waals surface area contributed by atoms with E-state index in [1.165, 1.54) is 0 Å². The summed E-state index contributed by atoms with van der Waals surface area (Å²) in [5, 5.41) is 18.1. The molecule has 0 rings (SSSR count). The van der Waals surface area contributed by atoms with Crippen LogP contribution in [0.4, 0.5) is 9.59 Å². The van der Waals surface area contributed by atoms with Crippen LogP contribution in [0.1, 0.15) is 0 Å². The molecule has 24 heteroatoms. The number of carbonyl (C=O) groups is 2. The van der Waals surface area contributed by atoms with Crippen molar-refractivity contribution >= 4 is 12.3 Å². The zero-order valence-electron chi connectivity index (χ0n) is 13.5. The molecule has 0 bridgehead atoms. The van der Waals surface area contributed by atoms with Crippen molar-refractivity contribution < 1.29 is 177 Å². The normalized spacial score (nSPS) is 2.00. The molecule has 34 N–H and O–H groups in total. The first-order chi connectivity index (χ1) is 3.13. The zero-order chi connectivity index (χ0) is 5.86. The van der Waals surface area contributed by atoms with Crippen molar-refractivity contribution in [2.45, 2.75) is 0 Å². The van der Waals surface area contributed by atoms with E-state index in [1.807, 2.05) is 0 Å². The summed E-state index contributed by atoms with van der Waals surface area (Å²) < 4.78 is 2.86. The fourth-order valence-electron chi connectivity index (χ4n) is 0.0680. The van der Waals surface area contributed by atoms with Gasteiger partial charge in [-0.05, 0) is 0 Å². The van der Waals surface area contributed by atoms with Crippen LogP contribution < -0.4 is 69.3 Å². The monoisotopic (exact) mass is 456 g/mol. The summed E-state index contributed by atoms with van der Waals surface area (Å²) in [5.74, 6) is 0. The molecule has 0 aliphatic rings. The van der Waals surface area contributed by atoms with Crippen molar-refractivity contribution in [2.75, 3.05) is 0 Å². The van der Waals surface area contributed by atoms with Gasteiger partial charge in [-0.25, -0.2) is 0 Å². The molecule has 0 radical (unpaired) electrons. The average Bonchev–Trinajstić information content (AvgIpc) is 1.27. The molecule has 0 aliphatic carbocycles. The van der Waals surface area contributed by atoms with Crippen molar-refractivity contribution in [3.63, 3.8) is 0 Å². The third-order valence-corrected chi connectivity index (χ3v) is 0.167. The molecule has 0 saturated heterocycles. The molecule has 0 aromatic rings. The molecule has 176 valence electrons. The number of carbonyl (C=O) groups excluding carboxylic acids is 2. The van der Waals surface area contributed by atoms with Crippen LogP contribution in [0.2, 0.25) is 0 Å². The van der Waals surface area contributed by atoms with E-state index in [0.717, 1.165) is 0 Å². The summed E-state index contributed by atoms with van der Waals surface area (Å²) >= 11 is 0. The maximum absolute atomic E-state index is 9.06. The molecule has 0 aliphatic heterocycles. The van der Waals surface area contributed by atoms with Crippen molar-refractivity contribution in [1.82, 2.24) is 0 Å². The number of ether oxygens (including phenoxy) is 1. The second kappa shape index (κ2) is 291. The number of rotatable bonds is 0. The van der Waals surface area contributed by atoms with Crippen molar-refractivity contribution in [1.29, 1.82) is 0 Å². The van der Waals surface area contributed by atoms with E-state index >= 15 is 0 Å². The van der Waals surface area contributed by atoms with Gasteiger partial charge in [0.2, 0.25) is 0 Å². The molecule has 0 spiro atoms. The quantitative estimate of drug-likeness (QED) is 0.194. The van der Waals surface area contributed by atoms with Gasteiger partial charge in [-0.3, -0.25) is 0 Å². The molecule has 0 fully saturated rings. The van der Waals surface area contributed by atoms with Crippen LogP contribution in [0.15, 0.2) is 0 Å². The molecule has 0 atom stereocenters. The Morgan fingerprint density at radius 3 is 0.462 bits per heavy atom. The van der Waals surface area contributed by atoms with Gasteiger partial charge in [0.1, 0.15) is 0 Å². The van der Waals surface area contributed by atoms with Gasteiger partial charge in [0.25, 0.3) is 12.3 Å². The van der Waals surface area contributed by atoms with Gasteiger partial charge < -0.3 is 118 Å². The summed E-state index contributed by atoms with van der Waals surface area (Å²) in [5.41, 5.74) is 0. The molecule has 0 saturated carbocycles. The van der Waals surface area contributed by atoms with E-state index in [-0.39, 0.29) is 152 Å². The third-order valence-electron chi connectivity index (χ3n) is 0.167. The maximum atomic E-state index is 9.06. The van der Waals surface area contributed by atoms with Crippen LogP contribution in [0.3, 0.4) is 0 Å².